The van der Waals surface area contributed by atoms with Crippen LogP contribution >= 0.6 is 0 Å². The van der Waals surface area contributed by atoms with Crippen molar-refractivity contribution >= 4 is 11.9 Å². The van der Waals surface area contributed by atoms with Crippen molar-refractivity contribution < 1.29 is 9.59 Å². The van der Waals surface area contributed by atoms with E-state index in [-0.39, 0.29) is 6.54 Å². The molecule has 0 heterocycles. The van der Waals surface area contributed by atoms with Crippen molar-refractivity contribution in [2.45, 2.75) is 13.8 Å². The Kier molecular flexibility index (Phi) is 3.30. The van der Waals surface area contributed by atoms with E-state index in [9.17, 15) is 9.59 Å². The number of nitrogens with zero attached hydrogens (tertiary/aromatic N) is 1. The zero-order chi connectivity index (χ0) is 9.02. The summed E-state index contributed by atoms with van der Waals surface area (Å²) in [5, 5.41) is 0. The molecule has 0 saturated heterocycles. The Morgan fingerprint density at radius 2 is 2.00 bits per heavy atom. The molecule has 0 unspecified atom stereocenters. The zero-order valence-electron chi connectivity index (χ0n) is 6.76. The van der Waals surface area contributed by atoms with E-state index in [1.54, 1.807) is 6.92 Å². The van der Waals surface area contributed by atoms with Gasteiger partial charge in [-0.2, -0.15) is 0 Å². The molecule has 0 fully saturated rings. The molecule has 0 radical (unpaired) electrons. The highest BCUT2D eigenvalue weighted by Crippen LogP contribution is 1.97. The lowest BCUT2D eigenvalue weighted by Gasteiger charge is -2.15. The molecule has 4 heteroatoms. The maximum absolute atomic E-state index is 11.0. The molecule has 0 aliphatic carbocycles. The molecule has 2 N–H and O–H groups in total. The minimum atomic E-state index is -0.736. The molecular formula is C7H12N2O2. The standard InChI is InChI=1S/C7H12N2O2/c1-4-9(7(8)11)6(10)5(2)3/h2,4H2,1,3H3,(H2,8,11). The minimum absolute atomic E-state index is 0.279. The maximum atomic E-state index is 11.0. The van der Waals surface area contributed by atoms with E-state index in [1.165, 1.54) is 6.92 Å². The SMILES string of the molecule is C=C(C)C(=O)N(CC)C(N)=O. The van der Waals surface area contributed by atoms with E-state index in [0.29, 0.717) is 5.57 Å². The van der Waals surface area contributed by atoms with E-state index < -0.39 is 11.9 Å². The van der Waals surface area contributed by atoms with Crippen molar-refractivity contribution in [2.24, 2.45) is 5.73 Å². The smallest absolute Gasteiger partial charge is 0.321 e. The fourth-order valence-electron chi connectivity index (χ4n) is 0.630. The lowest BCUT2D eigenvalue weighted by atomic mass is 10.3. The maximum Gasteiger partial charge on any atom is 0.321 e. The normalized spacial score (nSPS) is 8.91. The predicted octanol–water partition coefficient (Wildman–Crippen LogP) is 0.490. The molecule has 3 amide bonds. The first-order valence-corrected chi connectivity index (χ1v) is 3.27. The van der Waals surface area contributed by atoms with Crippen LogP contribution in [-0.4, -0.2) is 23.4 Å². The Labute approximate surface area is 65.7 Å². The molecule has 0 aromatic rings. The van der Waals surface area contributed by atoms with Crippen LogP contribution in [0.2, 0.25) is 0 Å². The van der Waals surface area contributed by atoms with Crippen molar-refractivity contribution in [2.75, 3.05) is 6.54 Å². The summed E-state index contributed by atoms with van der Waals surface area (Å²) < 4.78 is 0. The van der Waals surface area contributed by atoms with E-state index in [2.05, 4.69) is 6.58 Å². The summed E-state index contributed by atoms with van der Waals surface area (Å²) in [5.41, 5.74) is 5.22. The van der Waals surface area contributed by atoms with Gasteiger partial charge < -0.3 is 5.73 Å². The molecule has 0 aliphatic heterocycles. The minimum Gasteiger partial charge on any atom is -0.351 e. The highest BCUT2D eigenvalue weighted by atomic mass is 16.2. The molecule has 62 valence electrons. The second-order valence-corrected chi connectivity index (χ2v) is 2.17. The summed E-state index contributed by atoms with van der Waals surface area (Å²) in [7, 11) is 0. The van der Waals surface area contributed by atoms with Gasteiger partial charge in [-0.05, 0) is 13.8 Å². The van der Waals surface area contributed by atoms with Crippen LogP contribution in [0.1, 0.15) is 13.8 Å². The first kappa shape index (κ1) is 9.68. The third kappa shape index (κ3) is 2.41. The van der Waals surface area contributed by atoms with Gasteiger partial charge in [0.25, 0.3) is 5.91 Å². The third-order valence-corrected chi connectivity index (χ3v) is 1.19. The monoisotopic (exact) mass is 156 g/mol. The van der Waals surface area contributed by atoms with Gasteiger partial charge in [-0.25, -0.2) is 4.79 Å². The number of carbonyl (C=O) groups excluding carboxylic acids is 2. The van der Waals surface area contributed by atoms with Gasteiger partial charge >= 0.3 is 6.03 Å². The van der Waals surface area contributed by atoms with Crippen molar-refractivity contribution in [1.82, 2.24) is 4.90 Å². The number of nitrogens with two attached hydrogens (primary N) is 1. The molecule has 0 spiro atoms. The molecule has 0 aromatic heterocycles. The second-order valence-electron chi connectivity index (χ2n) is 2.17. The van der Waals surface area contributed by atoms with Crippen LogP contribution in [-0.2, 0) is 4.79 Å². The lowest BCUT2D eigenvalue weighted by Crippen LogP contribution is -2.40. The molecule has 4 nitrogen and oxygen atoms in total. The van der Waals surface area contributed by atoms with Crippen molar-refractivity contribution in [3.05, 3.63) is 12.2 Å². The van der Waals surface area contributed by atoms with E-state index in [0.717, 1.165) is 4.90 Å². The van der Waals surface area contributed by atoms with Gasteiger partial charge in [0.05, 0.1) is 0 Å². The molecule has 0 atom stereocenters. The van der Waals surface area contributed by atoms with Gasteiger partial charge in [-0.3, -0.25) is 9.69 Å². The highest BCUT2D eigenvalue weighted by Gasteiger charge is 2.16. The molecular weight excluding hydrogens is 144 g/mol. The number of imide groups is 1. The molecule has 0 saturated carbocycles. The largest absolute Gasteiger partial charge is 0.351 e. The Hall–Kier alpha value is -1.32. The number of hydrogen-bond donors (Lipinski definition) is 1. The molecule has 0 aliphatic rings. The number of carbonyl (C=O) groups is 2. The predicted molar refractivity (Wildman–Crippen MR) is 41.8 cm³/mol. The quantitative estimate of drug-likeness (QED) is 0.591. The first-order valence-electron chi connectivity index (χ1n) is 3.27. The highest BCUT2D eigenvalue weighted by molar-refractivity contribution is 6.02. The van der Waals surface area contributed by atoms with Gasteiger partial charge in [-0.15, -0.1) is 0 Å². The molecule has 0 rings (SSSR count). The third-order valence-electron chi connectivity index (χ3n) is 1.19. The summed E-state index contributed by atoms with van der Waals surface area (Å²) >= 11 is 0. The van der Waals surface area contributed by atoms with Crippen molar-refractivity contribution in [3.63, 3.8) is 0 Å². The van der Waals surface area contributed by atoms with Crippen LogP contribution in [0.25, 0.3) is 0 Å². The van der Waals surface area contributed by atoms with Crippen LogP contribution in [0.15, 0.2) is 12.2 Å². The fourth-order valence-corrected chi connectivity index (χ4v) is 0.630. The molecule has 11 heavy (non-hydrogen) atoms. The average molecular weight is 156 g/mol. The number of likely N-dealkylation sites (N-methyl/N-ethyl adjacent to an activating group) is 1. The van der Waals surface area contributed by atoms with Crippen LogP contribution in [0, 0.1) is 0 Å². The summed E-state index contributed by atoms with van der Waals surface area (Å²) in [6.45, 7) is 6.89. The summed E-state index contributed by atoms with van der Waals surface area (Å²) in [6.07, 6.45) is 0. The van der Waals surface area contributed by atoms with Gasteiger partial charge in [0.15, 0.2) is 0 Å². The zero-order valence-corrected chi connectivity index (χ0v) is 6.76. The van der Waals surface area contributed by atoms with Crippen LogP contribution < -0.4 is 5.73 Å². The number of hydrogen-bond acceptors (Lipinski definition) is 2. The van der Waals surface area contributed by atoms with Crippen molar-refractivity contribution in [1.29, 1.82) is 0 Å². The summed E-state index contributed by atoms with van der Waals surface area (Å²) in [6, 6.07) is -0.736. The summed E-state index contributed by atoms with van der Waals surface area (Å²) in [5.74, 6) is -0.417. The topological polar surface area (TPSA) is 63.4 Å². The Bertz CT molecular complexity index is 199. The Morgan fingerprint density at radius 1 is 1.55 bits per heavy atom. The lowest BCUT2D eigenvalue weighted by molar-refractivity contribution is -0.124. The molecule has 0 aromatic carbocycles. The van der Waals surface area contributed by atoms with Crippen LogP contribution in [0.3, 0.4) is 0 Å². The summed E-state index contributed by atoms with van der Waals surface area (Å²) in [4.78, 5) is 22.5. The number of amides is 3. The first-order chi connectivity index (χ1) is 5.00. The Balaban J connectivity index is 4.39. The van der Waals surface area contributed by atoms with E-state index in [4.69, 9.17) is 5.73 Å². The molecule has 0 bridgehead atoms. The average Bonchev–Trinajstić information content (AvgIpc) is 1.88. The number of primary amides is 1. The van der Waals surface area contributed by atoms with Gasteiger partial charge in [0, 0.05) is 12.1 Å². The number of rotatable bonds is 2. The number of urea groups is 1. The van der Waals surface area contributed by atoms with Gasteiger partial charge in [0.2, 0.25) is 0 Å². The van der Waals surface area contributed by atoms with E-state index in [1.807, 2.05) is 0 Å². The van der Waals surface area contributed by atoms with Crippen LogP contribution in [0.4, 0.5) is 4.79 Å². The Morgan fingerprint density at radius 3 is 2.09 bits per heavy atom. The van der Waals surface area contributed by atoms with Gasteiger partial charge in [-0.1, -0.05) is 6.58 Å². The second kappa shape index (κ2) is 3.75. The van der Waals surface area contributed by atoms with Crippen molar-refractivity contribution in [3.8, 4) is 0 Å². The van der Waals surface area contributed by atoms with E-state index >= 15 is 0 Å². The van der Waals surface area contributed by atoms with Crippen LogP contribution in [0.5, 0.6) is 0 Å². The fraction of sp³-hybridized carbons (Fsp3) is 0.429. The van der Waals surface area contributed by atoms with Gasteiger partial charge in [0.1, 0.15) is 0 Å².